The molecule has 4 heteroatoms. The molecule has 0 aliphatic heterocycles. The number of carbonyl (C=O) groups is 2. The molecule has 1 unspecified atom stereocenters. The van der Waals surface area contributed by atoms with Crippen molar-refractivity contribution in [2.24, 2.45) is 0 Å². The van der Waals surface area contributed by atoms with Gasteiger partial charge in [-0.05, 0) is 64.2 Å². The summed E-state index contributed by atoms with van der Waals surface area (Å²) in [6, 6.07) is 0. The van der Waals surface area contributed by atoms with Crippen molar-refractivity contribution in [1.82, 2.24) is 0 Å². The number of hydrogen-bond donors (Lipinski definition) is 1. The Kier molecular flexibility index (Phi) is 22.9. The second-order valence-corrected chi connectivity index (χ2v) is 8.87. The van der Waals surface area contributed by atoms with E-state index in [0.29, 0.717) is 12.8 Å². The molecular formula is C28H50O4. The molecule has 0 rings (SSSR count). The van der Waals surface area contributed by atoms with Gasteiger partial charge in [0.2, 0.25) is 0 Å². The summed E-state index contributed by atoms with van der Waals surface area (Å²) in [6.07, 6.45) is 27.7. The molecule has 0 saturated heterocycles. The van der Waals surface area contributed by atoms with Crippen LogP contribution in [0.25, 0.3) is 0 Å². The van der Waals surface area contributed by atoms with Crippen LogP contribution in [-0.2, 0) is 14.3 Å². The Labute approximate surface area is 197 Å². The van der Waals surface area contributed by atoms with Crippen LogP contribution in [0.5, 0.6) is 0 Å². The van der Waals surface area contributed by atoms with Crippen LogP contribution in [0.15, 0.2) is 24.3 Å². The Morgan fingerprint density at radius 3 is 1.97 bits per heavy atom. The first-order chi connectivity index (χ1) is 15.6. The second kappa shape index (κ2) is 24.1. The Morgan fingerprint density at radius 1 is 0.688 bits per heavy atom. The summed E-state index contributed by atoms with van der Waals surface area (Å²) in [4.78, 5) is 22.9. The van der Waals surface area contributed by atoms with Crippen molar-refractivity contribution in [3.8, 4) is 0 Å². The number of ether oxygens (including phenoxy) is 1. The molecule has 1 N–H and O–H groups in total. The van der Waals surface area contributed by atoms with Gasteiger partial charge in [0, 0.05) is 12.8 Å². The smallest absolute Gasteiger partial charge is 0.306 e. The molecule has 0 aromatic carbocycles. The lowest BCUT2D eigenvalue weighted by molar-refractivity contribution is -0.150. The highest BCUT2D eigenvalue weighted by Gasteiger charge is 2.14. The maximum atomic E-state index is 12.3. The molecule has 4 nitrogen and oxygen atoms in total. The van der Waals surface area contributed by atoms with Crippen LogP contribution >= 0.6 is 0 Å². The highest BCUT2D eigenvalue weighted by atomic mass is 16.5. The lowest BCUT2D eigenvalue weighted by Gasteiger charge is -2.18. The topological polar surface area (TPSA) is 63.6 Å². The molecule has 0 fully saturated rings. The monoisotopic (exact) mass is 450 g/mol. The van der Waals surface area contributed by atoms with Crippen LogP contribution in [-0.4, -0.2) is 23.1 Å². The van der Waals surface area contributed by atoms with E-state index in [0.717, 1.165) is 70.6 Å². The molecule has 0 heterocycles. The molecule has 1 atom stereocenters. The third kappa shape index (κ3) is 23.1. The zero-order valence-corrected chi connectivity index (χ0v) is 21.0. The van der Waals surface area contributed by atoms with Crippen molar-refractivity contribution >= 4 is 11.9 Å². The lowest BCUT2D eigenvalue weighted by Crippen LogP contribution is -2.18. The number of esters is 1. The van der Waals surface area contributed by atoms with Gasteiger partial charge in [0.05, 0.1) is 0 Å². The van der Waals surface area contributed by atoms with E-state index in [9.17, 15) is 9.59 Å². The summed E-state index contributed by atoms with van der Waals surface area (Å²) in [5.41, 5.74) is 0. The quantitative estimate of drug-likeness (QED) is 0.0962. The molecule has 0 aromatic heterocycles. The molecule has 0 aromatic rings. The molecule has 0 bridgehead atoms. The summed E-state index contributed by atoms with van der Waals surface area (Å²) < 4.78 is 5.76. The molecule has 0 spiro atoms. The first-order valence-corrected chi connectivity index (χ1v) is 13.3. The molecule has 0 radical (unpaired) electrons. The number of carboxylic acid groups (broad SMARTS) is 1. The fourth-order valence-electron chi connectivity index (χ4n) is 3.69. The van der Waals surface area contributed by atoms with Crippen LogP contribution in [0.4, 0.5) is 0 Å². The number of unbranched alkanes of at least 4 members (excludes halogenated alkanes) is 10. The normalized spacial score (nSPS) is 12.6. The summed E-state index contributed by atoms with van der Waals surface area (Å²) in [5.74, 6) is -0.793. The zero-order valence-electron chi connectivity index (χ0n) is 21.0. The van der Waals surface area contributed by atoms with Crippen molar-refractivity contribution in [2.75, 3.05) is 0 Å². The molecule has 0 amide bonds. The van der Waals surface area contributed by atoms with Gasteiger partial charge in [0.25, 0.3) is 0 Å². The first kappa shape index (κ1) is 30.4. The van der Waals surface area contributed by atoms with Gasteiger partial charge in [-0.25, -0.2) is 0 Å². The van der Waals surface area contributed by atoms with Crippen LogP contribution in [0.2, 0.25) is 0 Å². The molecule has 0 aliphatic carbocycles. The Morgan fingerprint density at radius 2 is 1.28 bits per heavy atom. The van der Waals surface area contributed by atoms with E-state index in [1.165, 1.54) is 32.1 Å². The first-order valence-electron chi connectivity index (χ1n) is 13.3. The SMILES string of the molecule is CCC/C=C\C/C=C\CCCCCCCC(=O)OC(CCCCC)CCCCCC(=O)O. The fraction of sp³-hybridized carbons (Fsp3) is 0.786. The Bertz CT molecular complexity index is 496. The number of aliphatic carboxylic acids is 1. The summed E-state index contributed by atoms with van der Waals surface area (Å²) in [5, 5.41) is 8.73. The van der Waals surface area contributed by atoms with Gasteiger partial charge < -0.3 is 9.84 Å². The van der Waals surface area contributed by atoms with Crippen LogP contribution < -0.4 is 0 Å². The minimum atomic E-state index is -0.734. The van der Waals surface area contributed by atoms with Crippen molar-refractivity contribution in [1.29, 1.82) is 0 Å². The van der Waals surface area contributed by atoms with Crippen LogP contribution in [0, 0.1) is 0 Å². The number of hydrogen-bond acceptors (Lipinski definition) is 3. The Hall–Kier alpha value is -1.58. The van der Waals surface area contributed by atoms with Gasteiger partial charge in [0.1, 0.15) is 6.10 Å². The van der Waals surface area contributed by atoms with E-state index >= 15 is 0 Å². The molecule has 0 saturated carbocycles. The molecule has 0 aliphatic rings. The Balaban J connectivity index is 3.82. The average molecular weight is 451 g/mol. The largest absolute Gasteiger partial charge is 0.481 e. The van der Waals surface area contributed by atoms with Gasteiger partial charge >= 0.3 is 11.9 Å². The van der Waals surface area contributed by atoms with Gasteiger partial charge in [0.15, 0.2) is 0 Å². The van der Waals surface area contributed by atoms with Crippen molar-refractivity contribution in [3.63, 3.8) is 0 Å². The average Bonchev–Trinajstić information content (AvgIpc) is 2.76. The van der Waals surface area contributed by atoms with Gasteiger partial charge in [-0.3, -0.25) is 9.59 Å². The predicted octanol–water partition coefficient (Wildman–Crippen LogP) is 8.55. The molecule has 186 valence electrons. The van der Waals surface area contributed by atoms with Crippen LogP contribution in [0.3, 0.4) is 0 Å². The maximum absolute atomic E-state index is 12.3. The maximum Gasteiger partial charge on any atom is 0.306 e. The van der Waals surface area contributed by atoms with Gasteiger partial charge in [-0.2, -0.15) is 0 Å². The third-order valence-corrected chi connectivity index (χ3v) is 5.66. The van der Waals surface area contributed by atoms with Crippen molar-refractivity contribution < 1.29 is 19.4 Å². The lowest BCUT2D eigenvalue weighted by atomic mass is 10.0. The fourth-order valence-corrected chi connectivity index (χ4v) is 3.69. The van der Waals surface area contributed by atoms with E-state index in [1.54, 1.807) is 0 Å². The minimum absolute atomic E-state index is 0.00230. The summed E-state index contributed by atoms with van der Waals surface area (Å²) in [6.45, 7) is 4.37. The van der Waals surface area contributed by atoms with Gasteiger partial charge in [-0.15, -0.1) is 0 Å². The summed E-state index contributed by atoms with van der Waals surface area (Å²) in [7, 11) is 0. The predicted molar refractivity (Wildman–Crippen MR) is 135 cm³/mol. The third-order valence-electron chi connectivity index (χ3n) is 5.66. The second-order valence-electron chi connectivity index (χ2n) is 8.87. The van der Waals surface area contributed by atoms with E-state index in [4.69, 9.17) is 9.84 Å². The zero-order chi connectivity index (χ0) is 23.7. The molecular weight excluding hydrogens is 400 g/mol. The highest BCUT2D eigenvalue weighted by molar-refractivity contribution is 5.69. The van der Waals surface area contributed by atoms with E-state index in [2.05, 4.69) is 38.2 Å². The number of allylic oxidation sites excluding steroid dienone is 4. The molecule has 32 heavy (non-hydrogen) atoms. The van der Waals surface area contributed by atoms with E-state index in [1.807, 2.05) is 0 Å². The van der Waals surface area contributed by atoms with Crippen molar-refractivity contribution in [3.05, 3.63) is 24.3 Å². The number of carboxylic acids is 1. The standard InChI is InChI=1S/C28H50O4/c1-3-5-7-8-9-10-11-12-13-14-15-16-21-25-28(31)32-26(22-18-6-4-2)23-19-17-20-24-27(29)30/h7-8,10-11,26H,3-6,9,12-25H2,1-2H3,(H,29,30)/b8-7-,11-10-. The van der Waals surface area contributed by atoms with Crippen LogP contribution in [0.1, 0.15) is 136 Å². The van der Waals surface area contributed by atoms with Gasteiger partial charge in [-0.1, -0.05) is 83.1 Å². The van der Waals surface area contributed by atoms with Crippen molar-refractivity contribution in [2.45, 2.75) is 142 Å². The number of carbonyl (C=O) groups excluding carboxylic acids is 1. The van der Waals surface area contributed by atoms with E-state index in [-0.39, 0.29) is 18.5 Å². The summed E-state index contributed by atoms with van der Waals surface area (Å²) >= 11 is 0. The highest BCUT2D eigenvalue weighted by Crippen LogP contribution is 2.17. The number of rotatable bonds is 23. The minimum Gasteiger partial charge on any atom is -0.481 e. The van der Waals surface area contributed by atoms with E-state index < -0.39 is 5.97 Å².